The summed E-state index contributed by atoms with van der Waals surface area (Å²) in [7, 11) is 0. The number of carbonyl (C=O) groups excluding carboxylic acids is 1. The van der Waals surface area contributed by atoms with E-state index in [9.17, 15) is 9.18 Å². The minimum atomic E-state index is -0.400. The second-order valence-corrected chi connectivity index (χ2v) is 3.91. The average Bonchev–Trinajstić information content (AvgIpc) is 2.70. The van der Waals surface area contributed by atoms with E-state index in [0.29, 0.717) is 12.2 Å². The molecule has 0 bridgehead atoms. The van der Waals surface area contributed by atoms with Crippen LogP contribution in [0.5, 0.6) is 0 Å². The number of hydrogen-bond acceptors (Lipinski definition) is 3. The van der Waals surface area contributed by atoms with Gasteiger partial charge in [0, 0.05) is 24.6 Å². The highest BCUT2D eigenvalue weighted by Gasteiger charge is 2.33. The van der Waals surface area contributed by atoms with Gasteiger partial charge in [0.15, 0.2) is 0 Å². The van der Waals surface area contributed by atoms with Gasteiger partial charge in [0.25, 0.3) is 0 Å². The molecule has 1 unspecified atom stereocenters. The third-order valence-electron chi connectivity index (χ3n) is 2.78. The predicted octanol–water partition coefficient (Wildman–Crippen LogP) is 0.925. The fraction of sp³-hybridized carbons (Fsp3) is 0.273. The molecule has 1 atom stereocenters. The van der Waals surface area contributed by atoms with Gasteiger partial charge in [-0.05, 0) is 18.2 Å². The van der Waals surface area contributed by atoms with E-state index in [-0.39, 0.29) is 24.1 Å². The Kier molecular flexibility index (Phi) is 2.95. The molecule has 1 aliphatic rings. The van der Waals surface area contributed by atoms with E-state index in [0.717, 1.165) is 0 Å². The van der Waals surface area contributed by atoms with Crippen LogP contribution in [0.2, 0.25) is 0 Å². The SMILES string of the molecule is NC(=NO)C1CC(=O)N(c2cccc(F)c2)C1. The zero-order valence-corrected chi connectivity index (χ0v) is 9.01. The van der Waals surface area contributed by atoms with Crippen LogP contribution in [0.25, 0.3) is 0 Å². The van der Waals surface area contributed by atoms with E-state index in [1.807, 2.05) is 0 Å². The molecule has 0 aliphatic carbocycles. The van der Waals surface area contributed by atoms with Crippen molar-refractivity contribution in [1.82, 2.24) is 0 Å². The van der Waals surface area contributed by atoms with Crippen LogP contribution in [0.4, 0.5) is 10.1 Å². The Hall–Kier alpha value is -2.11. The van der Waals surface area contributed by atoms with Crippen molar-refractivity contribution in [3.63, 3.8) is 0 Å². The summed E-state index contributed by atoms with van der Waals surface area (Å²) >= 11 is 0. The molecular weight excluding hydrogens is 225 g/mol. The van der Waals surface area contributed by atoms with Gasteiger partial charge >= 0.3 is 0 Å². The van der Waals surface area contributed by atoms with E-state index in [4.69, 9.17) is 10.9 Å². The molecule has 17 heavy (non-hydrogen) atoms. The van der Waals surface area contributed by atoms with Crippen molar-refractivity contribution in [2.45, 2.75) is 6.42 Å². The third kappa shape index (κ3) is 2.20. The Morgan fingerprint density at radius 2 is 2.35 bits per heavy atom. The van der Waals surface area contributed by atoms with Gasteiger partial charge in [-0.2, -0.15) is 0 Å². The molecule has 1 fully saturated rings. The van der Waals surface area contributed by atoms with Gasteiger partial charge in [0.1, 0.15) is 11.7 Å². The summed E-state index contributed by atoms with van der Waals surface area (Å²) in [4.78, 5) is 13.2. The smallest absolute Gasteiger partial charge is 0.227 e. The first kappa shape index (κ1) is 11.4. The fourth-order valence-electron chi connectivity index (χ4n) is 1.88. The van der Waals surface area contributed by atoms with Crippen LogP contribution < -0.4 is 10.6 Å². The molecule has 1 amide bonds. The first-order chi connectivity index (χ1) is 8.11. The lowest BCUT2D eigenvalue weighted by atomic mass is 10.1. The van der Waals surface area contributed by atoms with Crippen LogP contribution in [-0.2, 0) is 4.79 Å². The molecule has 1 aromatic rings. The first-order valence-electron chi connectivity index (χ1n) is 5.15. The number of nitrogens with two attached hydrogens (primary N) is 1. The lowest BCUT2D eigenvalue weighted by Gasteiger charge is -2.16. The fourth-order valence-corrected chi connectivity index (χ4v) is 1.88. The molecule has 0 saturated carbocycles. The molecule has 0 aromatic heterocycles. The van der Waals surface area contributed by atoms with Crippen LogP contribution in [0, 0.1) is 11.7 Å². The first-order valence-corrected chi connectivity index (χ1v) is 5.15. The average molecular weight is 237 g/mol. The van der Waals surface area contributed by atoms with Crippen LogP contribution in [0.15, 0.2) is 29.4 Å². The summed E-state index contributed by atoms with van der Waals surface area (Å²) in [5.41, 5.74) is 5.95. The standard InChI is InChI=1S/C11H12FN3O2/c12-8-2-1-3-9(5-8)15-6-7(4-10(15)16)11(13)14-17/h1-3,5,7,17H,4,6H2,(H2,13,14). The maximum atomic E-state index is 13.0. The molecule has 1 aliphatic heterocycles. The Morgan fingerprint density at radius 3 is 3.00 bits per heavy atom. The Bertz CT molecular complexity index is 476. The molecule has 1 heterocycles. The summed E-state index contributed by atoms with van der Waals surface area (Å²) in [6, 6.07) is 5.78. The second-order valence-electron chi connectivity index (χ2n) is 3.91. The molecule has 6 heteroatoms. The number of benzene rings is 1. The minimum absolute atomic E-state index is 0.0252. The molecule has 1 aromatic carbocycles. The molecule has 0 radical (unpaired) electrons. The van der Waals surface area contributed by atoms with E-state index in [1.54, 1.807) is 6.07 Å². The number of anilines is 1. The zero-order chi connectivity index (χ0) is 12.4. The van der Waals surface area contributed by atoms with Gasteiger partial charge in [0.2, 0.25) is 5.91 Å². The Morgan fingerprint density at radius 1 is 1.59 bits per heavy atom. The number of nitrogens with zero attached hydrogens (tertiary/aromatic N) is 2. The number of hydrogen-bond donors (Lipinski definition) is 2. The lowest BCUT2D eigenvalue weighted by molar-refractivity contribution is -0.117. The van der Waals surface area contributed by atoms with Crippen molar-refractivity contribution in [2.75, 3.05) is 11.4 Å². The van der Waals surface area contributed by atoms with Crippen molar-refractivity contribution >= 4 is 17.4 Å². The predicted molar refractivity (Wildman–Crippen MR) is 60.3 cm³/mol. The van der Waals surface area contributed by atoms with Crippen molar-refractivity contribution < 1.29 is 14.4 Å². The van der Waals surface area contributed by atoms with Gasteiger partial charge < -0.3 is 15.8 Å². The van der Waals surface area contributed by atoms with E-state index in [1.165, 1.54) is 23.1 Å². The van der Waals surface area contributed by atoms with Gasteiger partial charge in [0.05, 0.1) is 0 Å². The lowest BCUT2D eigenvalue weighted by Crippen LogP contribution is -2.28. The minimum Gasteiger partial charge on any atom is -0.409 e. The van der Waals surface area contributed by atoms with E-state index in [2.05, 4.69) is 5.16 Å². The Balaban J connectivity index is 2.21. The largest absolute Gasteiger partial charge is 0.409 e. The topological polar surface area (TPSA) is 78.9 Å². The van der Waals surface area contributed by atoms with E-state index >= 15 is 0 Å². The summed E-state index contributed by atoms with van der Waals surface area (Å²) in [5.74, 6) is -0.859. The molecule has 5 nitrogen and oxygen atoms in total. The molecule has 1 saturated heterocycles. The zero-order valence-electron chi connectivity index (χ0n) is 9.01. The molecule has 90 valence electrons. The number of amidine groups is 1. The van der Waals surface area contributed by atoms with Crippen molar-refractivity contribution in [1.29, 1.82) is 0 Å². The number of carbonyl (C=O) groups is 1. The van der Waals surface area contributed by atoms with Gasteiger partial charge in [-0.1, -0.05) is 11.2 Å². The highest BCUT2D eigenvalue weighted by molar-refractivity contribution is 6.01. The molecule has 0 spiro atoms. The van der Waals surface area contributed by atoms with Crippen molar-refractivity contribution in [3.05, 3.63) is 30.1 Å². The molecular formula is C11H12FN3O2. The third-order valence-corrected chi connectivity index (χ3v) is 2.78. The quantitative estimate of drug-likeness (QED) is 0.347. The van der Waals surface area contributed by atoms with Crippen molar-refractivity contribution in [3.8, 4) is 0 Å². The number of amides is 1. The van der Waals surface area contributed by atoms with Gasteiger partial charge in [-0.25, -0.2) is 4.39 Å². The highest BCUT2D eigenvalue weighted by atomic mass is 19.1. The summed E-state index contributed by atoms with van der Waals surface area (Å²) in [6.07, 6.45) is 0.173. The normalized spacial score (nSPS) is 21.0. The van der Waals surface area contributed by atoms with Crippen LogP contribution >= 0.6 is 0 Å². The number of rotatable bonds is 2. The second kappa shape index (κ2) is 4.40. The van der Waals surface area contributed by atoms with Crippen LogP contribution in [0.3, 0.4) is 0 Å². The number of oxime groups is 1. The van der Waals surface area contributed by atoms with Crippen LogP contribution in [-0.4, -0.2) is 23.5 Å². The van der Waals surface area contributed by atoms with Crippen molar-refractivity contribution in [2.24, 2.45) is 16.8 Å². The maximum absolute atomic E-state index is 13.0. The monoisotopic (exact) mass is 237 g/mol. The number of halogens is 1. The van der Waals surface area contributed by atoms with Gasteiger partial charge in [-0.15, -0.1) is 0 Å². The van der Waals surface area contributed by atoms with E-state index < -0.39 is 5.82 Å². The van der Waals surface area contributed by atoms with Gasteiger partial charge in [-0.3, -0.25) is 4.79 Å². The maximum Gasteiger partial charge on any atom is 0.227 e. The highest BCUT2D eigenvalue weighted by Crippen LogP contribution is 2.25. The summed E-state index contributed by atoms with van der Waals surface area (Å²) in [5, 5.41) is 11.4. The summed E-state index contributed by atoms with van der Waals surface area (Å²) in [6.45, 7) is 0.304. The summed E-state index contributed by atoms with van der Waals surface area (Å²) < 4.78 is 13.0. The van der Waals surface area contributed by atoms with Crippen LogP contribution in [0.1, 0.15) is 6.42 Å². The molecule has 3 N–H and O–H groups in total. The Labute approximate surface area is 97.3 Å². The molecule has 2 rings (SSSR count).